The molecule has 0 aromatic rings. The van der Waals surface area contributed by atoms with Gasteiger partial charge in [0, 0.05) is 19.3 Å². The molecular weight excluding hydrogens is 793 g/mol. The Balaban J connectivity index is 4.27. The first-order valence-corrected chi connectivity index (χ1v) is 28.6. The van der Waals surface area contributed by atoms with E-state index in [1.165, 1.54) is 199 Å². The van der Waals surface area contributed by atoms with Crippen LogP contribution < -0.4 is 0 Å². The summed E-state index contributed by atoms with van der Waals surface area (Å²) in [7, 11) is 0. The Morgan fingerprint density at radius 2 is 0.453 bits per heavy atom. The molecule has 0 N–H and O–H groups in total. The minimum absolute atomic E-state index is 0.0639. The van der Waals surface area contributed by atoms with Crippen LogP contribution in [0.15, 0.2) is 0 Å². The highest BCUT2D eigenvalue weighted by Gasteiger charge is 2.19. The van der Waals surface area contributed by atoms with Gasteiger partial charge in [0.1, 0.15) is 13.2 Å². The second-order valence-corrected chi connectivity index (χ2v) is 21.4. The lowest BCUT2D eigenvalue weighted by molar-refractivity contribution is -0.167. The summed E-state index contributed by atoms with van der Waals surface area (Å²) in [5.74, 6) is 1.64. The fourth-order valence-corrected chi connectivity index (χ4v) is 8.82. The van der Waals surface area contributed by atoms with Crippen molar-refractivity contribution in [3.63, 3.8) is 0 Å². The molecule has 0 spiro atoms. The molecule has 380 valence electrons. The molecule has 0 saturated carbocycles. The maximum atomic E-state index is 12.8. The molecule has 0 bridgehead atoms. The van der Waals surface area contributed by atoms with E-state index in [9.17, 15) is 14.4 Å². The van der Waals surface area contributed by atoms with Crippen molar-refractivity contribution in [2.24, 2.45) is 17.8 Å². The van der Waals surface area contributed by atoms with Crippen LogP contribution in [0.25, 0.3) is 0 Å². The summed E-state index contributed by atoms with van der Waals surface area (Å²) in [6.45, 7) is 13.7. The molecule has 6 heteroatoms. The number of carbonyl (C=O) groups excluding carboxylic acids is 3. The van der Waals surface area contributed by atoms with E-state index in [0.29, 0.717) is 19.3 Å². The van der Waals surface area contributed by atoms with E-state index in [1.54, 1.807) is 0 Å². The SMILES string of the molecule is CC(C)CCCCCCCCCCCCCCCCCC(=O)O[C@H](COC(=O)CCCCCCCCCCCCCCCCC(C)C)COC(=O)CCCCCCCCCCC(C)C. The van der Waals surface area contributed by atoms with Gasteiger partial charge < -0.3 is 14.2 Å². The minimum Gasteiger partial charge on any atom is -0.462 e. The fraction of sp³-hybridized carbons (Fsp3) is 0.948. The summed E-state index contributed by atoms with van der Waals surface area (Å²) in [6.07, 6.45) is 51.0. The third kappa shape index (κ3) is 51.4. The molecule has 0 radical (unpaired) electrons. The van der Waals surface area contributed by atoms with E-state index in [4.69, 9.17) is 14.2 Å². The molecular formula is C58H112O6. The van der Waals surface area contributed by atoms with Crippen molar-refractivity contribution >= 4 is 17.9 Å². The van der Waals surface area contributed by atoms with E-state index in [1.807, 2.05) is 0 Å². The Bertz CT molecular complexity index is 991. The predicted octanol–water partition coefficient (Wildman–Crippen LogP) is 18.7. The third-order valence-electron chi connectivity index (χ3n) is 13.1. The Morgan fingerprint density at radius 1 is 0.266 bits per heavy atom. The number of unbranched alkanes of at least 4 members (excludes halogenated alkanes) is 34. The van der Waals surface area contributed by atoms with Gasteiger partial charge in [-0.2, -0.15) is 0 Å². The summed E-state index contributed by atoms with van der Waals surface area (Å²) in [6, 6.07) is 0. The topological polar surface area (TPSA) is 78.9 Å². The molecule has 0 unspecified atom stereocenters. The van der Waals surface area contributed by atoms with Gasteiger partial charge in [-0.3, -0.25) is 14.4 Å². The molecule has 0 amide bonds. The van der Waals surface area contributed by atoms with Crippen molar-refractivity contribution in [1.29, 1.82) is 0 Å². The molecule has 0 aliphatic rings. The van der Waals surface area contributed by atoms with Gasteiger partial charge in [-0.05, 0) is 37.0 Å². The van der Waals surface area contributed by atoms with Crippen molar-refractivity contribution in [1.82, 2.24) is 0 Å². The first kappa shape index (κ1) is 62.4. The standard InChI is InChI=1S/C58H112O6/c1-52(2)44-38-32-26-20-16-12-8-7-9-15-19-23-31-37-43-49-58(61)64-55(51-63-57(60)48-42-36-30-25-24-28-34-40-46-54(5)6)50-62-56(59)47-41-35-29-22-18-14-11-10-13-17-21-27-33-39-45-53(3)4/h52-55H,7-51H2,1-6H3/t55-/m1/s1. The third-order valence-corrected chi connectivity index (χ3v) is 13.1. The van der Waals surface area contributed by atoms with E-state index < -0.39 is 6.10 Å². The van der Waals surface area contributed by atoms with Crippen LogP contribution in [-0.2, 0) is 28.6 Å². The summed E-state index contributed by atoms with van der Waals surface area (Å²) in [5, 5.41) is 0. The van der Waals surface area contributed by atoms with Gasteiger partial charge in [-0.25, -0.2) is 0 Å². The Kier molecular flexibility index (Phi) is 48.1. The number of hydrogen-bond acceptors (Lipinski definition) is 6. The van der Waals surface area contributed by atoms with Crippen LogP contribution in [0.5, 0.6) is 0 Å². The van der Waals surface area contributed by atoms with Crippen molar-refractivity contribution in [2.75, 3.05) is 13.2 Å². The smallest absolute Gasteiger partial charge is 0.306 e. The van der Waals surface area contributed by atoms with E-state index in [0.717, 1.165) is 75.5 Å². The van der Waals surface area contributed by atoms with Gasteiger partial charge in [-0.15, -0.1) is 0 Å². The molecule has 0 heterocycles. The predicted molar refractivity (Wildman–Crippen MR) is 275 cm³/mol. The zero-order valence-corrected chi connectivity index (χ0v) is 44.1. The van der Waals surface area contributed by atoms with Crippen molar-refractivity contribution in [3.05, 3.63) is 0 Å². The molecule has 1 atom stereocenters. The summed E-state index contributed by atoms with van der Waals surface area (Å²) in [5.41, 5.74) is 0. The molecule has 0 aromatic heterocycles. The molecule has 0 fully saturated rings. The van der Waals surface area contributed by atoms with Crippen LogP contribution in [-0.4, -0.2) is 37.2 Å². The monoisotopic (exact) mass is 905 g/mol. The maximum Gasteiger partial charge on any atom is 0.306 e. The molecule has 0 aliphatic heterocycles. The Labute approximate surface area is 399 Å². The molecule has 64 heavy (non-hydrogen) atoms. The van der Waals surface area contributed by atoms with Crippen molar-refractivity contribution < 1.29 is 28.6 Å². The van der Waals surface area contributed by atoms with Gasteiger partial charge in [0.25, 0.3) is 0 Å². The molecule has 0 aliphatic carbocycles. The molecule has 0 rings (SSSR count). The van der Waals surface area contributed by atoms with E-state index in [-0.39, 0.29) is 31.1 Å². The number of ether oxygens (including phenoxy) is 3. The zero-order valence-electron chi connectivity index (χ0n) is 44.1. The van der Waals surface area contributed by atoms with Crippen molar-refractivity contribution in [3.8, 4) is 0 Å². The second-order valence-electron chi connectivity index (χ2n) is 21.4. The van der Waals surface area contributed by atoms with Crippen LogP contribution in [0.2, 0.25) is 0 Å². The van der Waals surface area contributed by atoms with E-state index >= 15 is 0 Å². The summed E-state index contributed by atoms with van der Waals surface area (Å²) < 4.78 is 16.9. The van der Waals surface area contributed by atoms with Crippen LogP contribution in [0.3, 0.4) is 0 Å². The number of rotatable bonds is 51. The Morgan fingerprint density at radius 3 is 0.672 bits per heavy atom. The maximum absolute atomic E-state index is 12.8. The van der Waals surface area contributed by atoms with Gasteiger partial charge >= 0.3 is 17.9 Å². The highest BCUT2D eigenvalue weighted by Crippen LogP contribution is 2.18. The Hall–Kier alpha value is -1.59. The second kappa shape index (κ2) is 49.3. The van der Waals surface area contributed by atoms with Gasteiger partial charge in [-0.1, -0.05) is 279 Å². The van der Waals surface area contributed by atoms with Crippen LogP contribution >= 0.6 is 0 Å². The number of esters is 3. The lowest BCUT2D eigenvalue weighted by atomic mass is 10.0. The van der Waals surface area contributed by atoms with Gasteiger partial charge in [0.05, 0.1) is 0 Å². The lowest BCUT2D eigenvalue weighted by Gasteiger charge is -2.18. The highest BCUT2D eigenvalue weighted by atomic mass is 16.6. The average molecular weight is 906 g/mol. The van der Waals surface area contributed by atoms with Gasteiger partial charge in [0.2, 0.25) is 0 Å². The van der Waals surface area contributed by atoms with E-state index in [2.05, 4.69) is 41.5 Å². The lowest BCUT2D eigenvalue weighted by Crippen LogP contribution is -2.30. The quantitative estimate of drug-likeness (QED) is 0.0344. The van der Waals surface area contributed by atoms with Crippen LogP contribution in [0, 0.1) is 17.8 Å². The van der Waals surface area contributed by atoms with Crippen LogP contribution in [0.1, 0.15) is 318 Å². The first-order chi connectivity index (χ1) is 31.1. The fourth-order valence-electron chi connectivity index (χ4n) is 8.82. The summed E-state index contributed by atoms with van der Waals surface area (Å²) >= 11 is 0. The summed E-state index contributed by atoms with van der Waals surface area (Å²) in [4.78, 5) is 38.1. The minimum atomic E-state index is -0.763. The molecule has 6 nitrogen and oxygen atoms in total. The van der Waals surface area contributed by atoms with Crippen LogP contribution in [0.4, 0.5) is 0 Å². The largest absolute Gasteiger partial charge is 0.462 e. The molecule has 0 aromatic carbocycles. The highest BCUT2D eigenvalue weighted by molar-refractivity contribution is 5.71. The first-order valence-electron chi connectivity index (χ1n) is 28.6. The zero-order chi connectivity index (χ0) is 47.0. The average Bonchev–Trinajstić information content (AvgIpc) is 3.25. The van der Waals surface area contributed by atoms with Gasteiger partial charge in [0.15, 0.2) is 6.10 Å². The molecule has 0 saturated heterocycles. The van der Waals surface area contributed by atoms with Crippen molar-refractivity contribution in [2.45, 2.75) is 324 Å². The normalized spacial score (nSPS) is 12.1. The number of hydrogen-bond donors (Lipinski definition) is 0. The number of carbonyl (C=O) groups is 3.